The van der Waals surface area contributed by atoms with Crippen LogP contribution in [0.15, 0.2) is 24.3 Å². The first-order valence-electron chi connectivity index (χ1n) is 6.47. The number of hydrogen-bond donors (Lipinski definition) is 1. The van der Waals surface area contributed by atoms with E-state index in [-0.39, 0.29) is 12.0 Å². The summed E-state index contributed by atoms with van der Waals surface area (Å²) in [5.74, 6) is 0.626. The summed E-state index contributed by atoms with van der Waals surface area (Å²) in [5, 5.41) is 9.20. The molecule has 0 bridgehead atoms. The first-order valence-corrected chi connectivity index (χ1v) is 6.47. The normalized spacial score (nSPS) is 26.2. The second kappa shape index (κ2) is 5.33. The van der Waals surface area contributed by atoms with Crippen molar-refractivity contribution < 1.29 is 0 Å². The summed E-state index contributed by atoms with van der Waals surface area (Å²) in [7, 11) is 0. The van der Waals surface area contributed by atoms with E-state index in [1.807, 2.05) is 6.92 Å². The number of rotatable bonds is 2. The molecule has 3 unspecified atom stereocenters. The molecule has 1 saturated carbocycles. The van der Waals surface area contributed by atoms with Gasteiger partial charge in [0.2, 0.25) is 0 Å². The standard InChI is InChI=1S/C15H20N2/c1-11(17)12-6-8-13(9-7-12)15-5-3-2-4-14(15)10-16/h6-9,11,14-15H,2-5,17H2,1H3. The Morgan fingerprint density at radius 3 is 2.47 bits per heavy atom. The third-order valence-corrected chi connectivity index (χ3v) is 3.82. The lowest BCUT2D eigenvalue weighted by atomic mass is 9.76. The summed E-state index contributed by atoms with van der Waals surface area (Å²) in [6.45, 7) is 1.99. The highest BCUT2D eigenvalue weighted by Crippen LogP contribution is 2.37. The first kappa shape index (κ1) is 12.1. The van der Waals surface area contributed by atoms with Gasteiger partial charge in [-0.3, -0.25) is 0 Å². The third-order valence-electron chi connectivity index (χ3n) is 3.82. The topological polar surface area (TPSA) is 49.8 Å². The molecule has 1 aliphatic carbocycles. The number of nitrogens with two attached hydrogens (primary N) is 1. The Morgan fingerprint density at radius 2 is 1.88 bits per heavy atom. The lowest BCUT2D eigenvalue weighted by Crippen LogP contribution is -2.16. The molecule has 1 aliphatic rings. The van der Waals surface area contributed by atoms with Crippen molar-refractivity contribution in [3.05, 3.63) is 35.4 Å². The van der Waals surface area contributed by atoms with Gasteiger partial charge in [0.1, 0.15) is 0 Å². The summed E-state index contributed by atoms with van der Waals surface area (Å²) in [6.07, 6.45) is 4.65. The van der Waals surface area contributed by atoms with Gasteiger partial charge in [-0.2, -0.15) is 5.26 Å². The molecule has 1 aromatic rings. The maximum atomic E-state index is 9.20. The number of benzene rings is 1. The van der Waals surface area contributed by atoms with Gasteiger partial charge in [-0.1, -0.05) is 37.1 Å². The van der Waals surface area contributed by atoms with Crippen LogP contribution in [0.5, 0.6) is 0 Å². The largest absolute Gasteiger partial charge is 0.324 e. The molecule has 0 aromatic heterocycles. The highest BCUT2D eigenvalue weighted by atomic mass is 14.6. The van der Waals surface area contributed by atoms with Crippen molar-refractivity contribution in [2.24, 2.45) is 11.7 Å². The van der Waals surface area contributed by atoms with E-state index in [2.05, 4.69) is 30.3 Å². The van der Waals surface area contributed by atoms with Gasteiger partial charge in [0.05, 0.1) is 12.0 Å². The Morgan fingerprint density at radius 1 is 1.24 bits per heavy atom. The molecule has 0 spiro atoms. The first-order chi connectivity index (χ1) is 8.22. The van der Waals surface area contributed by atoms with Crippen molar-refractivity contribution in [3.8, 4) is 6.07 Å². The predicted molar refractivity (Wildman–Crippen MR) is 69.4 cm³/mol. The fraction of sp³-hybridized carbons (Fsp3) is 0.533. The van der Waals surface area contributed by atoms with E-state index in [0.29, 0.717) is 5.92 Å². The SMILES string of the molecule is CC(N)c1ccc(C2CCCCC2C#N)cc1. The van der Waals surface area contributed by atoms with Crippen molar-refractivity contribution in [1.82, 2.24) is 0 Å². The predicted octanol–water partition coefficient (Wildman–Crippen LogP) is 3.50. The van der Waals surface area contributed by atoms with E-state index in [9.17, 15) is 5.26 Å². The van der Waals surface area contributed by atoms with Crippen molar-refractivity contribution in [2.45, 2.75) is 44.6 Å². The van der Waals surface area contributed by atoms with E-state index in [1.165, 1.54) is 18.4 Å². The minimum atomic E-state index is 0.0853. The molecule has 0 heterocycles. The van der Waals surface area contributed by atoms with E-state index in [0.717, 1.165) is 18.4 Å². The smallest absolute Gasteiger partial charge is 0.0662 e. The summed E-state index contributed by atoms with van der Waals surface area (Å²) < 4.78 is 0. The molecule has 0 saturated heterocycles. The third kappa shape index (κ3) is 2.68. The van der Waals surface area contributed by atoms with Crippen molar-refractivity contribution in [2.75, 3.05) is 0 Å². The molecule has 2 heteroatoms. The van der Waals surface area contributed by atoms with Crippen LogP contribution in [-0.4, -0.2) is 0 Å². The molecule has 90 valence electrons. The van der Waals surface area contributed by atoms with Gasteiger partial charge in [0.25, 0.3) is 0 Å². The van der Waals surface area contributed by atoms with Gasteiger partial charge < -0.3 is 5.73 Å². The number of hydrogen-bond acceptors (Lipinski definition) is 2. The Bertz CT molecular complexity index is 400. The van der Waals surface area contributed by atoms with Crippen LogP contribution in [0, 0.1) is 17.2 Å². The second-order valence-corrected chi connectivity index (χ2v) is 5.08. The fourth-order valence-electron chi connectivity index (χ4n) is 2.73. The second-order valence-electron chi connectivity index (χ2n) is 5.08. The van der Waals surface area contributed by atoms with Gasteiger partial charge in [-0.25, -0.2) is 0 Å². The van der Waals surface area contributed by atoms with Crippen molar-refractivity contribution in [1.29, 1.82) is 5.26 Å². The summed E-state index contributed by atoms with van der Waals surface area (Å²) >= 11 is 0. The van der Waals surface area contributed by atoms with Crippen LogP contribution in [-0.2, 0) is 0 Å². The van der Waals surface area contributed by atoms with Gasteiger partial charge in [0, 0.05) is 6.04 Å². The Hall–Kier alpha value is -1.33. The highest BCUT2D eigenvalue weighted by Gasteiger charge is 2.26. The van der Waals surface area contributed by atoms with Crippen molar-refractivity contribution >= 4 is 0 Å². The molecule has 17 heavy (non-hydrogen) atoms. The van der Waals surface area contributed by atoms with E-state index < -0.39 is 0 Å². The number of nitriles is 1. The van der Waals surface area contributed by atoms with Gasteiger partial charge in [-0.15, -0.1) is 0 Å². The Balaban J connectivity index is 2.18. The van der Waals surface area contributed by atoms with Gasteiger partial charge in [-0.05, 0) is 36.8 Å². The van der Waals surface area contributed by atoms with Crippen LogP contribution in [0.2, 0.25) is 0 Å². The molecule has 3 atom stereocenters. The fourth-order valence-corrected chi connectivity index (χ4v) is 2.73. The Labute approximate surface area is 103 Å². The van der Waals surface area contributed by atoms with E-state index in [1.54, 1.807) is 0 Å². The molecule has 0 aliphatic heterocycles. The minimum absolute atomic E-state index is 0.0853. The van der Waals surface area contributed by atoms with Gasteiger partial charge >= 0.3 is 0 Å². The molecule has 2 nitrogen and oxygen atoms in total. The molecule has 0 amide bonds. The quantitative estimate of drug-likeness (QED) is 0.842. The minimum Gasteiger partial charge on any atom is -0.324 e. The maximum Gasteiger partial charge on any atom is 0.0662 e. The summed E-state index contributed by atoms with van der Waals surface area (Å²) in [4.78, 5) is 0. The molecule has 2 N–H and O–H groups in total. The van der Waals surface area contributed by atoms with Crippen LogP contribution in [0.4, 0.5) is 0 Å². The van der Waals surface area contributed by atoms with Gasteiger partial charge in [0.15, 0.2) is 0 Å². The average molecular weight is 228 g/mol. The zero-order valence-corrected chi connectivity index (χ0v) is 10.4. The van der Waals surface area contributed by atoms with Crippen LogP contribution in [0.25, 0.3) is 0 Å². The lowest BCUT2D eigenvalue weighted by molar-refractivity contribution is 0.369. The molecule has 2 rings (SSSR count). The average Bonchev–Trinajstić information content (AvgIpc) is 2.39. The zero-order chi connectivity index (χ0) is 12.3. The van der Waals surface area contributed by atoms with Crippen LogP contribution in [0.1, 0.15) is 55.7 Å². The van der Waals surface area contributed by atoms with Crippen molar-refractivity contribution in [3.63, 3.8) is 0 Å². The Kier molecular flexibility index (Phi) is 3.81. The van der Waals surface area contributed by atoms with Crippen LogP contribution in [0.3, 0.4) is 0 Å². The van der Waals surface area contributed by atoms with Crippen LogP contribution >= 0.6 is 0 Å². The van der Waals surface area contributed by atoms with Crippen LogP contribution < -0.4 is 5.73 Å². The summed E-state index contributed by atoms with van der Waals surface area (Å²) in [6, 6.07) is 11.1. The molecular weight excluding hydrogens is 208 g/mol. The monoisotopic (exact) mass is 228 g/mol. The molecule has 1 fully saturated rings. The molecule has 0 radical (unpaired) electrons. The highest BCUT2D eigenvalue weighted by molar-refractivity contribution is 5.28. The molecule has 1 aromatic carbocycles. The maximum absolute atomic E-state index is 9.20. The van der Waals surface area contributed by atoms with E-state index >= 15 is 0 Å². The lowest BCUT2D eigenvalue weighted by Gasteiger charge is -2.27. The zero-order valence-electron chi connectivity index (χ0n) is 10.4. The molecular formula is C15H20N2. The number of nitrogens with zero attached hydrogens (tertiary/aromatic N) is 1. The van der Waals surface area contributed by atoms with E-state index in [4.69, 9.17) is 5.73 Å². The summed E-state index contributed by atoms with van der Waals surface area (Å²) in [5.41, 5.74) is 8.31.